The molecule has 0 aliphatic carbocycles. The van der Waals surface area contributed by atoms with E-state index in [4.69, 9.17) is 29.0 Å². The number of allylic oxidation sites excluding steroid dienone is 1. The second-order valence-corrected chi connectivity index (χ2v) is 8.07. The smallest absolute Gasteiger partial charge is 0.373 e. The summed E-state index contributed by atoms with van der Waals surface area (Å²) in [5.41, 5.74) is 2.43. The molecule has 0 radical (unpaired) electrons. The van der Waals surface area contributed by atoms with E-state index < -0.39 is 0 Å². The Kier molecular flexibility index (Phi) is 26.7. The number of phenols is 1. The first-order chi connectivity index (χ1) is 14.7. The van der Waals surface area contributed by atoms with Crippen molar-refractivity contribution in [1.82, 2.24) is 0 Å². The van der Waals surface area contributed by atoms with E-state index in [9.17, 15) is 0 Å². The highest BCUT2D eigenvalue weighted by atomic mass is 127. The highest BCUT2D eigenvalue weighted by Gasteiger charge is 1.98. The number of alkyl halides is 1. The van der Waals surface area contributed by atoms with E-state index >= 15 is 0 Å². The van der Waals surface area contributed by atoms with Gasteiger partial charge in [-0.25, -0.2) is 0 Å². The van der Waals surface area contributed by atoms with Crippen LogP contribution in [-0.4, -0.2) is 29.3 Å². The fraction of sp³-hybridized carbons (Fsp3) is 0.182. The van der Waals surface area contributed by atoms with Crippen molar-refractivity contribution in [2.24, 2.45) is 0 Å². The van der Waals surface area contributed by atoms with Crippen LogP contribution in [-0.2, 0) is 19.2 Å². The van der Waals surface area contributed by atoms with Crippen molar-refractivity contribution < 1.29 is 29.0 Å². The van der Waals surface area contributed by atoms with E-state index in [-0.39, 0.29) is 12.3 Å². The first kappa shape index (κ1) is 33.8. The molecule has 0 fully saturated rings. The van der Waals surface area contributed by atoms with Crippen LogP contribution in [0.1, 0.15) is 11.1 Å². The SMILES string of the molecule is C=CCBr.C=CCOc1ccc(C)cc1I.Cc1ccc(O)c(I)c1.O=C=O.O=C=O. The molecule has 2 aromatic rings. The highest BCUT2D eigenvalue weighted by molar-refractivity contribution is 14.1. The third-order valence-corrected chi connectivity index (χ3v) is 4.82. The fourth-order valence-corrected chi connectivity index (χ4v) is 2.98. The van der Waals surface area contributed by atoms with Gasteiger partial charge in [-0.3, -0.25) is 0 Å². The molecule has 168 valence electrons. The van der Waals surface area contributed by atoms with Gasteiger partial charge in [0.25, 0.3) is 0 Å². The number of halogens is 3. The quantitative estimate of drug-likeness (QED) is 0.242. The summed E-state index contributed by atoms with van der Waals surface area (Å²) in [4.78, 5) is 32.5. The van der Waals surface area contributed by atoms with Gasteiger partial charge in [0.15, 0.2) is 0 Å². The van der Waals surface area contributed by atoms with Crippen LogP contribution in [0.5, 0.6) is 11.5 Å². The van der Waals surface area contributed by atoms with Crippen LogP contribution >= 0.6 is 61.1 Å². The summed E-state index contributed by atoms with van der Waals surface area (Å²) in [5.74, 6) is 1.29. The van der Waals surface area contributed by atoms with Crippen molar-refractivity contribution in [1.29, 1.82) is 0 Å². The molecule has 0 amide bonds. The molecule has 0 saturated carbocycles. The topological polar surface area (TPSA) is 97.7 Å². The maximum atomic E-state index is 9.04. The van der Waals surface area contributed by atoms with Crippen molar-refractivity contribution in [2.75, 3.05) is 11.9 Å². The largest absolute Gasteiger partial charge is 0.507 e. The minimum atomic E-state index is 0.250. The first-order valence-electron chi connectivity index (χ1n) is 8.29. The molecule has 2 aromatic carbocycles. The van der Waals surface area contributed by atoms with Crippen LogP contribution in [0.25, 0.3) is 0 Å². The average Bonchev–Trinajstić information content (AvgIpc) is 2.72. The average molecular weight is 717 g/mol. The second kappa shape index (κ2) is 24.5. The lowest BCUT2D eigenvalue weighted by Gasteiger charge is -2.05. The zero-order chi connectivity index (χ0) is 24.7. The lowest BCUT2D eigenvalue weighted by molar-refractivity contribution is -0.193. The Bertz CT molecular complexity index is 832. The molecule has 6 nitrogen and oxygen atoms in total. The van der Waals surface area contributed by atoms with Crippen LogP contribution in [0, 0.1) is 21.0 Å². The van der Waals surface area contributed by atoms with E-state index in [2.05, 4.69) is 87.3 Å². The third kappa shape index (κ3) is 22.7. The number of phenolic OH excluding ortho intramolecular Hbond substituents is 1. The Morgan fingerprint density at radius 2 is 1.35 bits per heavy atom. The second-order valence-electron chi connectivity index (χ2n) is 5.10. The van der Waals surface area contributed by atoms with Crippen molar-refractivity contribution >= 4 is 73.4 Å². The molecule has 0 aromatic heterocycles. The highest BCUT2D eigenvalue weighted by Crippen LogP contribution is 2.21. The van der Waals surface area contributed by atoms with Gasteiger partial charge in [-0.15, -0.1) is 6.58 Å². The summed E-state index contributed by atoms with van der Waals surface area (Å²) >= 11 is 7.50. The van der Waals surface area contributed by atoms with Crippen molar-refractivity contribution in [3.05, 3.63) is 80.0 Å². The predicted octanol–water partition coefficient (Wildman–Crippen LogP) is 5.87. The van der Waals surface area contributed by atoms with Crippen LogP contribution in [0.2, 0.25) is 0 Å². The van der Waals surface area contributed by atoms with Gasteiger partial charge in [0.05, 0.1) is 7.14 Å². The molecule has 0 aliphatic rings. The van der Waals surface area contributed by atoms with E-state index in [1.54, 1.807) is 18.2 Å². The van der Waals surface area contributed by atoms with Crippen molar-refractivity contribution in [2.45, 2.75) is 13.8 Å². The van der Waals surface area contributed by atoms with Gasteiger partial charge in [-0.2, -0.15) is 19.2 Å². The van der Waals surface area contributed by atoms with Gasteiger partial charge >= 0.3 is 12.3 Å². The Balaban J connectivity index is -0.000000362. The Labute approximate surface area is 218 Å². The molecule has 0 unspecified atom stereocenters. The molecule has 1 N–H and O–H groups in total. The van der Waals surface area contributed by atoms with Crippen LogP contribution in [0.3, 0.4) is 0 Å². The van der Waals surface area contributed by atoms with Crippen LogP contribution in [0.15, 0.2) is 61.7 Å². The monoisotopic (exact) mass is 716 g/mol. The zero-order valence-electron chi connectivity index (χ0n) is 17.1. The van der Waals surface area contributed by atoms with E-state index in [1.165, 1.54) is 11.1 Å². The number of aromatic hydroxyl groups is 1. The zero-order valence-corrected chi connectivity index (χ0v) is 23.0. The number of carbonyl (C=O) groups excluding carboxylic acids is 4. The Morgan fingerprint density at radius 3 is 1.68 bits per heavy atom. The van der Waals surface area contributed by atoms with Gasteiger partial charge in [0.2, 0.25) is 0 Å². The summed E-state index contributed by atoms with van der Waals surface area (Å²) in [6.07, 6.45) is 4.04. The van der Waals surface area contributed by atoms with Gasteiger partial charge in [0.1, 0.15) is 18.1 Å². The molecule has 0 bridgehead atoms. The standard InChI is InChI=1S/C10H11IO.C7H7IO.C3H5Br.2CO2/c1-3-6-12-10-5-4-8(2)7-9(10)11;1-5-2-3-7(9)6(8)4-5;1-2-3-4;2*2-1-3/h3-5,7H,1,6H2,2H3;2-4,9H,1H3;2H,1,3H2;;. The Hall–Kier alpha value is -1.78. The molecule has 0 atom stereocenters. The minimum absolute atomic E-state index is 0.250. The summed E-state index contributed by atoms with van der Waals surface area (Å²) in [6, 6.07) is 11.7. The van der Waals surface area contributed by atoms with Crippen molar-refractivity contribution in [3.63, 3.8) is 0 Å². The number of rotatable bonds is 4. The van der Waals surface area contributed by atoms with E-state index in [1.807, 2.05) is 31.2 Å². The molecule has 0 heterocycles. The number of aryl methyl sites for hydroxylation is 2. The minimum Gasteiger partial charge on any atom is -0.507 e. The summed E-state index contributed by atoms with van der Waals surface area (Å²) in [6.45, 7) is 11.7. The van der Waals surface area contributed by atoms with Gasteiger partial charge < -0.3 is 9.84 Å². The molecule has 31 heavy (non-hydrogen) atoms. The normalized spacial score (nSPS) is 7.77. The maximum Gasteiger partial charge on any atom is 0.373 e. The molecular formula is C22H23BrI2O6. The molecule has 0 saturated heterocycles. The number of hydrogen-bond donors (Lipinski definition) is 1. The van der Waals surface area contributed by atoms with Gasteiger partial charge in [-0.1, -0.05) is 46.8 Å². The third-order valence-electron chi connectivity index (χ3n) is 2.66. The van der Waals surface area contributed by atoms with Crippen LogP contribution in [0.4, 0.5) is 0 Å². The van der Waals surface area contributed by atoms with Crippen LogP contribution < -0.4 is 4.74 Å². The molecule has 9 heteroatoms. The number of ether oxygens (including phenoxy) is 1. The summed E-state index contributed by atoms with van der Waals surface area (Å²) < 4.78 is 7.47. The van der Waals surface area contributed by atoms with E-state index in [0.29, 0.717) is 12.4 Å². The number of benzene rings is 2. The van der Waals surface area contributed by atoms with Crippen molar-refractivity contribution in [3.8, 4) is 11.5 Å². The lowest BCUT2D eigenvalue weighted by Crippen LogP contribution is -1.94. The predicted molar refractivity (Wildman–Crippen MR) is 139 cm³/mol. The molecule has 0 spiro atoms. The van der Waals surface area contributed by atoms with Gasteiger partial charge in [-0.05, 0) is 94.4 Å². The molecule has 2 rings (SSSR count). The first-order valence-corrected chi connectivity index (χ1v) is 11.6. The Morgan fingerprint density at radius 1 is 0.935 bits per heavy atom. The van der Waals surface area contributed by atoms with E-state index in [0.717, 1.165) is 18.2 Å². The maximum absolute atomic E-state index is 9.04. The van der Waals surface area contributed by atoms with Gasteiger partial charge in [0, 0.05) is 5.33 Å². The summed E-state index contributed by atoms with van der Waals surface area (Å²) in [7, 11) is 0. The lowest BCUT2D eigenvalue weighted by atomic mass is 10.2. The fourth-order valence-electron chi connectivity index (χ4n) is 1.48. The number of hydrogen-bond acceptors (Lipinski definition) is 6. The molecule has 0 aliphatic heterocycles. The molecular weight excluding hydrogens is 694 g/mol. The summed E-state index contributed by atoms with van der Waals surface area (Å²) in [5, 5.41) is 9.93.